The number of hydrogen-bond donors (Lipinski definition) is 5. The molecular weight excluding hydrogens is 422 g/mol. The molecule has 0 aliphatic heterocycles. The number of unbranched alkanes of at least 4 members (excludes halogenated alkanes) is 1. The molecule has 1 aliphatic carbocycles. The Bertz CT molecular complexity index is 774. The van der Waals surface area contributed by atoms with Crippen molar-refractivity contribution in [3.8, 4) is 0 Å². The topological polar surface area (TPSA) is 127 Å². The van der Waals surface area contributed by atoms with Gasteiger partial charge in [-0.2, -0.15) is 0 Å². The smallest absolute Gasteiger partial charge is 0.220 e. The van der Waals surface area contributed by atoms with E-state index in [0.29, 0.717) is 25.7 Å². The number of carbonyl (C=O) groups is 2. The number of benzene rings is 1. The third-order valence-electron chi connectivity index (χ3n) is 6.00. The van der Waals surface area contributed by atoms with Gasteiger partial charge in [-0.05, 0) is 37.7 Å². The second kappa shape index (κ2) is 14.8. The predicted molar refractivity (Wildman–Crippen MR) is 126 cm³/mol. The van der Waals surface area contributed by atoms with Gasteiger partial charge in [0.1, 0.15) is 5.78 Å². The van der Waals surface area contributed by atoms with Crippen LogP contribution in [0.15, 0.2) is 54.6 Å². The second-order valence-electron chi connectivity index (χ2n) is 8.63. The van der Waals surface area contributed by atoms with Crippen molar-refractivity contribution < 1.29 is 30.0 Å². The molecule has 1 aliphatic rings. The summed E-state index contributed by atoms with van der Waals surface area (Å²) in [6, 6.07) is 9.30. The Morgan fingerprint density at radius 3 is 2.58 bits per heavy atom. The van der Waals surface area contributed by atoms with E-state index in [-0.39, 0.29) is 49.6 Å². The first kappa shape index (κ1) is 26.9. The van der Waals surface area contributed by atoms with Gasteiger partial charge in [0.15, 0.2) is 0 Å². The fourth-order valence-corrected chi connectivity index (χ4v) is 4.03. The highest BCUT2D eigenvalue weighted by atomic mass is 16.3. The summed E-state index contributed by atoms with van der Waals surface area (Å²) in [5.74, 6) is -0.819. The molecule has 7 nitrogen and oxygen atoms in total. The van der Waals surface area contributed by atoms with Gasteiger partial charge < -0.3 is 25.7 Å². The number of nitrogens with one attached hydrogen (secondary N) is 1. The summed E-state index contributed by atoms with van der Waals surface area (Å²) < 4.78 is 0. The summed E-state index contributed by atoms with van der Waals surface area (Å²) in [5.41, 5.74) is 1.16. The first-order chi connectivity index (χ1) is 15.9. The molecular formula is C26H37NO6. The zero-order valence-electron chi connectivity index (χ0n) is 19.1. The van der Waals surface area contributed by atoms with Crippen LogP contribution >= 0.6 is 0 Å². The van der Waals surface area contributed by atoms with E-state index in [1.54, 1.807) is 12.2 Å². The third-order valence-corrected chi connectivity index (χ3v) is 6.00. The molecule has 1 saturated carbocycles. The van der Waals surface area contributed by atoms with Gasteiger partial charge in [-0.3, -0.25) is 9.59 Å². The maximum absolute atomic E-state index is 12.3. The van der Waals surface area contributed by atoms with Crippen LogP contribution in [0.2, 0.25) is 0 Å². The molecule has 5 N–H and O–H groups in total. The molecule has 0 saturated heterocycles. The fourth-order valence-electron chi connectivity index (χ4n) is 4.03. The first-order valence-corrected chi connectivity index (χ1v) is 11.7. The first-order valence-electron chi connectivity index (χ1n) is 11.7. The summed E-state index contributed by atoms with van der Waals surface area (Å²) in [6.45, 7) is -0.605. The van der Waals surface area contributed by atoms with Crippen LogP contribution in [0.4, 0.5) is 0 Å². The number of allylic oxidation sites excluding steroid dienone is 2. The molecule has 1 aromatic carbocycles. The predicted octanol–water partition coefficient (Wildman–Crippen LogP) is 1.69. The van der Waals surface area contributed by atoms with Crippen LogP contribution in [0.3, 0.4) is 0 Å². The Morgan fingerprint density at radius 1 is 1.15 bits per heavy atom. The normalized spacial score (nSPS) is 22.0. The molecule has 1 fully saturated rings. The summed E-state index contributed by atoms with van der Waals surface area (Å²) in [6.07, 6.45) is 9.48. The number of hydrogen-bond acceptors (Lipinski definition) is 6. The summed E-state index contributed by atoms with van der Waals surface area (Å²) >= 11 is 0. The van der Waals surface area contributed by atoms with Gasteiger partial charge in [0.2, 0.25) is 5.91 Å². The van der Waals surface area contributed by atoms with E-state index >= 15 is 0 Å². The Kier molecular flexibility index (Phi) is 12.0. The average molecular weight is 460 g/mol. The van der Waals surface area contributed by atoms with Crippen molar-refractivity contribution in [2.24, 2.45) is 11.8 Å². The zero-order valence-corrected chi connectivity index (χ0v) is 19.1. The molecule has 1 unspecified atom stereocenters. The molecule has 2 rings (SSSR count). The van der Waals surface area contributed by atoms with Crippen LogP contribution in [0.25, 0.3) is 0 Å². The minimum absolute atomic E-state index is 0.0269. The number of carbonyl (C=O) groups excluding carboxylic acids is 2. The third kappa shape index (κ3) is 9.60. The van der Waals surface area contributed by atoms with E-state index in [4.69, 9.17) is 10.2 Å². The minimum atomic E-state index is -0.733. The number of aryl methyl sites for hydroxylation is 1. The van der Waals surface area contributed by atoms with Crippen molar-refractivity contribution in [1.82, 2.24) is 5.32 Å². The number of amides is 1. The van der Waals surface area contributed by atoms with Crippen LogP contribution < -0.4 is 5.32 Å². The maximum atomic E-state index is 12.3. The number of ketones is 1. The second-order valence-corrected chi connectivity index (χ2v) is 8.63. The molecule has 0 spiro atoms. The standard InChI is InChI=1S/C26H37NO6/c28-17-20(18-29)27-26(33)11-7-2-1-6-10-22-23(25(32)16-24(22)31)15-14-21(30)13-12-19-8-4-3-5-9-19/h1,3-6,8-9,14-15,20-23,25,28-30,32H,2,7,10-13,16-18H2,(H,27,33)/t21-,22+,23?,25+/m0/s1. The molecule has 1 aromatic rings. The lowest BCUT2D eigenvalue weighted by atomic mass is 9.90. The maximum Gasteiger partial charge on any atom is 0.220 e. The van der Waals surface area contributed by atoms with Crippen molar-refractivity contribution in [2.75, 3.05) is 13.2 Å². The molecule has 4 atom stereocenters. The lowest BCUT2D eigenvalue weighted by Gasteiger charge is -2.16. The van der Waals surface area contributed by atoms with Crippen molar-refractivity contribution >= 4 is 11.7 Å². The zero-order chi connectivity index (χ0) is 24.1. The quantitative estimate of drug-likeness (QED) is 0.213. The minimum Gasteiger partial charge on any atom is -0.394 e. The monoisotopic (exact) mass is 459 g/mol. The van der Waals surface area contributed by atoms with Crippen LogP contribution in [0, 0.1) is 11.8 Å². The number of rotatable bonds is 14. The highest BCUT2D eigenvalue weighted by Crippen LogP contribution is 2.33. The molecule has 33 heavy (non-hydrogen) atoms. The van der Waals surface area contributed by atoms with Gasteiger partial charge in [-0.25, -0.2) is 0 Å². The van der Waals surface area contributed by atoms with E-state index < -0.39 is 18.2 Å². The molecule has 0 bridgehead atoms. The van der Waals surface area contributed by atoms with Gasteiger partial charge in [0.05, 0.1) is 31.5 Å². The molecule has 1 amide bonds. The summed E-state index contributed by atoms with van der Waals surface area (Å²) in [4.78, 5) is 24.1. The van der Waals surface area contributed by atoms with Crippen LogP contribution in [0.1, 0.15) is 44.1 Å². The number of Topliss-reactive ketones (excluding diaryl/α,β-unsaturated/α-hetero) is 1. The molecule has 7 heteroatoms. The lowest BCUT2D eigenvalue weighted by Crippen LogP contribution is -2.39. The SMILES string of the molecule is O=C(CCCC=CC[C@H]1C(=O)C[C@@H](O)C1C=C[C@@H](O)CCc1ccccc1)NC(CO)CO. The lowest BCUT2D eigenvalue weighted by molar-refractivity contribution is -0.122. The molecule has 182 valence electrons. The average Bonchev–Trinajstić information content (AvgIpc) is 3.09. The summed E-state index contributed by atoms with van der Waals surface area (Å²) in [5, 5.41) is 41.1. The fraction of sp³-hybridized carbons (Fsp3) is 0.538. The molecule has 0 heterocycles. The highest BCUT2D eigenvalue weighted by molar-refractivity contribution is 5.84. The Hall–Kier alpha value is -2.32. The molecule has 0 aromatic heterocycles. The van der Waals surface area contributed by atoms with Gasteiger partial charge in [0, 0.05) is 24.7 Å². The highest BCUT2D eigenvalue weighted by Gasteiger charge is 2.39. The number of aliphatic hydroxyl groups is 4. The van der Waals surface area contributed by atoms with Crippen LogP contribution in [-0.4, -0.2) is 63.6 Å². The van der Waals surface area contributed by atoms with Gasteiger partial charge in [-0.15, -0.1) is 0 Å². The Labute approximate surface area is 195 Å². The van der Waals surface area contributed by atoms with Gasteiger partial charge >= 0.3 is 0 Å². The van der Waals surface area contributed by atoms with Crippen LogP contribution in [0.5, 0.6) is 0 Å². The van der Waals surface area contributed by atoms with E-state index in [0.717, 1.165) is 12.0 Å². The Morgan fingerprint density at radius 2 is 1.88 bits per heavy atom. The van der Waals surface area contributed by atoms with E-state index in [1.165, 1.54) is 0 Å². The van der Waals surface area contributed by atoms with Crippen molar-refractivity contribution in [1.29, 1.82) is 0 Å². The summed E-state index contributed by atoms with van der Waals surface area (Å²) in [7, 11) is 0. The van der Waals surface area contributed by atoms with Crippen molar-refractivity contribution in [2.45, 2.75) is 63.2 Å². The number of aliphatic hydroxyl groups excluding tert-OH is 4. The van der Waals surface area contributed by atoms with Crippen molar-refractivity contribution in [3.63, 3.8) is 0 Å². The Balaban J connectivity index is 1.75. The largest absolute Gasteiger partial charge is 0.394 e. The van der Waals surface area contributed by atoms with E-state index in [1.807, 2.05) is 42.5 Å². The van der Waals surface area contributed by atoms with E-state index in [2.05, 4.69) is 5.32 Å². The van der Waals surface area contributed by atoms with Gasteiger partial charge in [-0.1, -0.05) is 54.6 Å². The van der Waals surface area contributed by atoms with E-state index in [9.17, 15) is 19.8 Å². The van der Waals surface area contributed by atoms with Gasteiger partial charge in [0.25, 0.3) is 0 Å². The van der Waals surface area contributed by atoms with Crippen molar-refractivity contribution in [3.05, 3.63) is 60.2 Å². The molecule has 0 radical (unpaired) electrons. The van der Waals surface area contributed by atoms with Crippen LogP contribution in [-0.2, 0) is 16.0 Å².